The largest absolute Gasteiger partial charge is 0.111 e. The molecule has 0 spiro atoms. The Balaban J connectivity index is 2.96. The van der Waals surface area contributed by atoms with E-state index in [9.17, 15) is 0 Å². The number of rotatable bonds is 2. The lowest BCUT2D eigenvalue weighted by Crippen LogP contribution is -1.80. The Kier molecular flexibility index (Phi) is 3.89. The molecule has 0 amide bonds. The Morgan fingerprint density at radius 2 is 2.50 bits per heavy atom. The van der Waals surface area contributed by atoms with Crippen LogP contribution in [0.3, 0.4) is 0 Å². The molecular weight excluding hydrogens is 112 g/mol. The van der Waals surface area contributed by atoms with Crippen LogP contribution in [0.2, 0.25) is 0 Å². The molecule has 0 radical (unpaired) electrons. The first-order valence-electron chi connectivity index (χ1n) is 1.74. The number of hydrogen-bond acceptors (Lipinski definition) is 2. The zero-order valence-electron chi connectivity index (χ0n) is 3.72. The van der Waals surface area contributed by atoms with Gasteiger partial charge in [0.2, 0.25) is 0 Å². The second-order valence-electron chi connectivity index (χ2n) is 1.05. The molecule has 0 saturated heterocycles. The van der Waals surface area contributed by atoms with Crippen LogP contribution >= 0.6 is 22.5 Å². The Morgan fingerprint density at radius 1 is 2.00 bits per heavy atom. The van der Waals surface area contributed by atoms with Gasteiger partial charge in [0.05, 0.1) is 0 Å². The van der Waals surface area contributed by atoms with Crippen molar-refractivity contribution >= 4 is 22.5 Å². The van der Waals surface area contributed by atoms with Gasteiger partial charge in [-0.15, -0.1) is 18.2 Å². The van der Waals surface area contributed by atoms with Crippen LogP contribution in [0.1, 0.15) is 6.92 Å². The SMILES string of the molecule is C=CC(C)SS. The lowest BCUT2D eigenvalue weighted by atomic mass is 10.5. The van der Waals surface area contributed by atoms with E-state index in [2.05, 4.69) is 18.2 Å². The molecule has 1 atom stereocenters. The molecule has 36 valence electrons. The van der Waals surface area contributed by atoms with Gasteiger partial charge in [0.25, 0.3) is 0 Å². The van der Waals surface area contributed by atoms with Crippen molar-refractivity contribution in [2.45, 2.75) is 12.2 Å². The normalized spacial score (nSPS) is 13.7. The molecule has 0 aromatic rings. The van der Waals surface area contributed by atoms with Crippen molar-refractivity contribution in [1.29, 1.82) is 0 Å². The molecule has 0 aromatic carbocycles. The molecule has 0 aliphatic carbocycles. The smallest absolute Gasteiger partial charge is 0.0297 e. The fourth-order valence-corrected chi connectivity index (χ4v) is 0.387. The predicted molar refractivity (Wildman–Crippen MR) is 36.2 cm³/mol. The van der Waals surface area contributed by atoms with Crippen molar-refractivity contribution in [2.75, 3.05) is 0 Å². The van der Waals surface area contributed by atoms with E-state index in [1.54, 1.807) is 0 Å². The zero-order chi connectivity index (χ0) is 4.99. The highest BCUT2D eigenvalue weighted by atomic mass is 33.1. The topological polar surface area (TPSA) is 0 Å². The average molecular weight is 120 g/mol. The number of thiol groups is 1. The zero-order valence-corrected chi connectivity index (χ0v) is 5.43. The van der Waals surface area contributed by atoms with E-state index >= 15 is 0 Å². The third-order valence-electron chi connectivity index (χ3n) is 0.498. The van der Waals surface area contributed by atoms with Gasteiger partial charge in [-0.2, -0.15) is 0 Å². The molecule has 0 heterocycles. The quantitative estimate of drug-likeness (QED) is 0.331. The summed E-state index contributed by atoms with van der Waals surface area (Å²) in [5.41, 5.74) is 0. The van der Waals surface area contributed by atoms with Crippen molar-refractivity contribution in [3.63, 3.8) is 0 Å². The summed E-state index contributed by atoms with van der Waals surface area (Å²) >= 11 is 3.94. The van der Waals surface area contributed by atoms with Crippen molar-refractivity contribution < 1.29 is 0 Å². The van der Waals surface area contributed by atoms with Crippen molar-refractivity contribution in [1.82, 2.24) is 0 Å². The minimum atomic E-state index is 0.480. The molecule has 0 aliphatic rings. The van der Waals surface area contributed by atoms with Crippen LogP contribution in [0.5, 0.6) is 0 Å². The van der Waals surface area contributed by atoms with Gasteiger partial charge in [-0.1, -0.05) is 16.9 Å². The Bertz CT molecular complexity index is 42.8. The summed E-state index contributed by atoms with van der Waals surface area (Å²) in [7, 11) is 1.50. The third kappa shape index (κ3) is 2.67. The fourth-order valence-electron chi connectivity index (χ4n) is 0.0430. The maximum absolute atomic E-state index is 3.94. The summed E-state index contributed by atoms with van der Waals surface area (Å²) < 4.78 is 0. The van der Waals surface area contributed by atoms with Crippen LogP contribution in [0.15, 0.2) is 12.7 Å². The molecule has 6 heavy (non-hydrogen) atoms. The Hall–Kier alpha value is 0.440. The summed E-state index contributed by atoms with van der Waals surface area (Å²) in [5.74, 6) is 0. The van der Waals surface area contributed by atoms with E-state index < -0.39 is 0 Å². The van der Waals surface area contributed by atoms with Crippen LogP contribution in [-0.2, 0) is 0 Å². The maximum atomic E-state index is 3.94. The van der Waals surface area contributed by atoms with Gasteiger partial charge in [0.1, 0.15) is 0 Å². The Morgan fingerprint density at radius 3 is 2.50 bits per heavy atom. The second-order valence-corrected chi connectivity index (χ2v) is 2.63. The molecule has 0 aliphatic heterocycles. The highest BCUT2D eigenvalue weighted by Gasteiger charge is 1.85. The van der Waals surface area contributed by atoms with Gasteiger partial charge in [-0.25, -0.2) is 0 Å². The highest BCUT2D eigenvalue weighted by molar-refractivity contribution is 8.68. The highest BCUT2D eigenvalue weighted by Crippen LogP contribution is 2.13. The van der Waals surface area contributed by atoms with Gasteiger partial charge in [0, 0.05) is 5.25 Å². The first-order chi connectivity index (χ1) is 2.81. The minimum absolute atomic E-state index is 0.480. The number of hydrogen-bond donors (Lipinski definition) is 1. The third-order valence-corrected chi connectivity index (χ3v) is 2.02. The molecule has 1 unspecified atom stereocenters. The van der Waals surface area contributed by atoms with Gasteiger partial charge in [-0.05, 0) is 6.92 Å². The summed E-state index contributed by atoms with van der Waals surface area (Å²) in [5, 5.41) is 0.480. The summed E-state index contributed by atoms with van der Waals surface area (Å²) in [6.07, 6.45) is 1.86. The second kappa shape index (κ2) is 3.62. The average Bonchev–Trinajstić information content (AvgIpc) is 1.65. The summed E-state index contributed by atoms with van der Waals surface area (Å²) in [4.78, 5) is 0. The van der Waals surface area contributed by atoms with Crippen LogP contribution in [0.4, 0.5) is 0 Å². The molecule has 0 nitrogen and oxygen atoms in total. The van der Waals surface area contributed by atoms with Crippen LogP contribution < -0.4 is 0 Å². The van der Waals surface area contributed by atoms with Crippen molar-refractivity contribution in [3.8, 4) is 0 Å². The van der Waals surface area contributed by atoms with Gasteiger partial charge >= 0.3 is 0 Å². The van der Waals surface area contributed by atoms with E-state index in [-0.39, 0.29) is 0 Å². The van der Waals surface area contributed by atoms with Crippen LogP contribution in [0, 0.1) is 0 Å². The summed E-state index contributed by atoms with van der Waals surface area (Å²) in [6, 6.07) is 0. The first kappa shape index (κ1) is 6.44. The molecule has 0 rings (SSSR count). The molecule has 2 heteroatoms. The van der Waals surface area contributed by atoms with Gasteiger partial charge < -0.3 is 0 Å². The van der Waals surface area contributed by atoms with Crippen LogP contribution in [-0.4, -0.2) is 5.25 Å². The predicted octanol–water partition coefficient (Wildman–Crippen LogP) is 2.14. The Labute approximate surface area is 47.8 Å². The van der Waals surface area contributed by atoms with Crippen LogP contribution in [0.25, 0.3) is 0 Å². The monoisotopic (exact) mass is 120 g/mol. The lowest BCUT2D eigenvalue weighted by molar-refractivity contribution is 1.27. The standard InChI is InChI=1S/C4H8S2/c1-3-4(2)6-5/h3-5H,1H2,2H3. The molecule has 0 aromatic heterocycles. The molecule has 0 bridgehead atoms. The summed E-state index contributed by atoms with van der Waals surface area (Å²) in [6.45, 7) is 5.61. The lowest BCUT2D eigenvalue weighted by Gasteiger charge is -1.92. The molecule has 0 saturated carbocycles. The maximum Gasteiger partial charge on any atom is 0.0297 e. The molecule has 0 fully saturated rings. The van der Waals surface area contributed by atoms with Crippen molar-refractivity contribution in [2.24, 2.45) is 0 Å². The minimum Gasteiger partial charge on any atom is -0.111 e. The van der Waals surface area contributed by atoms with Gasteiger partial charge in [-0.3, -0.25) is 0 Å². The van der Waals surface area contributed by atoms with E-state index in [0.717, 1.165) is 0 Å². The van der Waals surface area contributed by atoms with E-state index in [1.807, 2.05) is 13.0 Å². The fraction of sp³-hybridized carbons (Fsp3) is 0.500. The van der Waals surface area contributed by atoms with E-state index in [1.165, 1.54) is 10.8 Å². The van der Waals surface area contributed by atoms with Crippen molar-refractivity contribution in [3.05, 3.63) is 12.7 Å². The van der Waals surface area contributed by atoms with Gasteiger partial charge in [0.15, 0.2) is 0 Å². The molecular formula is C4H8S2. The van der Waals surface area contributed by atoms with E-state index in [4.69, 9.17) is 0 Å². The molecule has 0 N–H and O–H groups in total. The first-order valence-corrected chi connectivity index (χ1v) is 3.67. The van der Waals surface area contributed by atoms with E-state index in [0.29, 0.717) is 5.25 Å².